The van der Waals surface area contributed by atoms with Crippen LogP contribution in [0, 0.1) is 22.7 Å². The van der Waals surface area contributed by atoms with Gasteiger partial charge in [0.05, 0.1) is 24.7 Å². The summed E-state index contributed by atoms with van der Waals surface area (Å²) in [7, 11) is 0. The molecule has 0 aromatic heterocycles. The molecule has 1 saturated heterocycles. The molecule has 1 spiro atoms. The maximum atomic E-state index is 10.0. The zero-order valence-corrected chi connectivity index (χ0v) is 14.8. The van der Waals surface area contributed by atoms with E-state index < -0.39 is 5.79 Å². The van der Waals surface area contributed by atoms with Crippen molar-refractivity contribution in [2.45, 2.75) is 57.8 Å². The zero-order chi connectivity index (χ0) is 16.6. The quantitative estimate of drug-likeness (QED) is 0.688. The van der Waals surface area contributed by atoms with Gasteiger partial charge in [-0.15, -0.1) is 0 Å². The summed E-state index contributed by atoms with van der Waals surface area (Å²) in [5.41, 5.74) is 3.29. The average Bonchev–Trinajstić information content (AvgIpc) is 3.15. The Morgan fingerprint density at radius 1 is 1.12 bits per heavy atom. The van der Waals surface area contributed by atoms with Crippen LogP contribution in [0.3, 0.4) is 0 Å². The van der Waals surface area contributed by atoms with E-state index in [4.69, 9.17) is 9.47 Å². The third-order valence-corrected chi connectivity index (χ3v) is 7.84. The summed E-state index contributed by atoms with van der Waals surface area (Å²) >= 11 is 0. The molecule has 1 heterocycles. The fraction of sp³-hybridized carbons (Fsp3) is 0.714. The number of allylic oxidation sites excluding steroid dienone is 3. The molecule has 0 radical (unpaired) electrons. The Kier molecular flexibility index (Phi) is 3.10. The van der Waals surface area contributed by atoms with Crippen LogP contribution in [0.5, 0.6) is 0 Å². The Balaban J connectivity index is 1.59. The van der Waals surface area contributed by atoms with Crippen LogP contribution in [-0.2, 0) is 9.47 Å². The van der Waals surface area contributed by atoms with Crippen molar-refractivity contribution in [2.24, 2.45) is 22.7 Å². The van der Waals surface area contributed by atoms with Crippen LogP contribution in [0.25, 0.3) is 0 Å². The topological polar surface area (TPSA) is 38.7 Å². The molecule has 1 aliphatic heterocycles. The van der Waals surface area contributed by atoms with E-state index in [1.807, 2.05) is 6.08 Å². The van der Waals surface area contributed by atoms with Gasteiger partial charge in [0.25, 0.3) is 0 Å². The lowest BCUT2D eigenvalue weighted by Gasteiger charge is -2.55. The maximum absolute atomic E-state index is 10.0. The third kappa shape index (κ3) is 1.73. The van der Waals surface area contributed by atoms with Crippen molar-refractivity contribution in [1.29, 1.82) is 0 Å². The Labute approximate surface area is 144 Å². The minimum Gasteiger partial charge on any atom is -0.389 e. The molecule has 24 heavy (non-hydrogen) atoms. The Morgan fingerprint density at radius 2 is 1.92 bits per heavy atom. The molecule has 0 bridgehead atoms. The molecule has 3 heteroatoms. The van der Waals surface area contributed by atoms with Crippen LogP contribution in [-0.4, -0.2) is 30.2 Å². The molecular formula is C21H28O3. The molecule has 1 N–H and O–H groups in total. The highest BCUT2D eigenvalue weighted by Gasteiger charge is 2.60. The van der Waals surface area contributed by atoms with E-state index in [0.29, 0.717) is 25.0 Å². The first-order chi connectivity index (χ1) is 11.5. The van der Waals surface area contributed by atoms with E-state index >= 15 is 0 Å². The van der Waals surface area contributed by atoms with Gasteiger partial charge in [0.1, 0.15) is 0 Å². The molecule has 0 aromatic carbocycles. The highest BCUT2D eigenvalue weighted by atomic mass is 16.7. The van der Waals surface area contributed by atoms with Crippen molar-refractivity contribution in [3.05, 3.63) is 35.5 Å². The van der Waals surface area contributed by atoms with Crippen LogP contribution < -0.4 is 0 Å². The van der Waals surface area contributed by atoms with E-state index in [1.165, 1.54) is 18.4 Å². The van der Waals surface area contributed by atoms with Gasteiger partial charge in [-0.2, -0.15) is 0 Å². The molecule has 1 saturated carbocycles. The summed E-state index contributed by atoms with van der Waals surface area (Å²) in [5, 5.41) is 10.0. The molecule has 5 aliphatic rings. The number of hydrogen-bond acceptors (Lipinski definition) is 3. The SMILES string of the molecule is C[C@]12C=C[C@H](O)CC1CCC1=C3C=CC4(OCCO4)[C@@]3(C)CCC12. The smallest absolute Gasteiger partial charge is 0.197 e. The van der Waals surface area contributed by atoms with Gasteiger partial charge in [-0.1, -0.05) is 30.7 Å². The molecule has 5 rings (SSSR count). The molecule has 130 valence electrons. The highest BCUT2D eigenvalue weighted by Crippen LogP contribution is 2.64. The van der Waals surface area contributed by atoms with Crippen molar-refractivity contribution in [3.63, 3.8) is 0 Å². The number of aliphatic hydroxyl groups is 1. The van der Waals surface area contributed by atoms with Gasteiger partial charge in [-0.3, -0.25) is 0 Å². The number of hydrogen-bond donors (Lipinski definition) is 1. The van der Waals surface area contributed by atoms with Crippen molar-refractivity contribution in [2.75, 3.05) is 13.2 Å². The molecule has 0 aromatic rings. The number of rotatable bonds is 0. The second kappa shape index (κ2) is 4.84. The molecular weight excluding hydrogens is 300 g/mol. The molecule has 2 unspecified atom stereocenters. The lowest BCUT2D eigenvalue weighted by molar-refractivity contribution is -0.183. The fourth-order valence-corrected chi connectivity index (χ4v) is 6.39. The van der Waals surface area contributed by atoms with Gasteiger partial charge >= 0.3 is 0 Å². The Hall–Kier alpha value is -0.900. The third-order valence-electron chi connectivity index (χ3n) is 7.84. The van der Waals surface area contributed by atoms with Crippen LogP contribution in [0.15, 0.2) is 35.5 Å². The minimum atomic E-state index is -0.517. The van der Waals surface area contributed by atoms with Crippen LogP contribution >= 0.6 is 0 Å². The van der Waals surface area contributed by atoms with Gasteiger partial charge < -0.3 is 14.6 Å². The van der Waals surface area contributed by atoms with Crippen molar-refractivity contribution in [3.8, 4) is 0 Å². The van der Waals surface area contributed by atoms with E-state index in [0.717, 1.165) is 19.3 Å². The Bertz CT molecular complexity index is 654. The van der Waals surface area contributed by atoms with E-state index in [-0.39, 0.29) is 16.9 Å². The standard InChI is InChI=1S/C21H28O3/c1-19-8-5-15(22)13-14(19)3-4-16-17(19)6-9-20(2)18(16)7-10-21(20)23-11-12-24-21/h5,7-8,10,14-15,17,22H,3-4,6,9,11-13H2,1-2H3/t14?,15-,17?,19-,20-/m0/s1. The zero-order valence-electron chi connectivity index (χ0n) is 14.8. The first-order valence-electron chi connectivity index (χ1n) is 9.57. The highest BCUT2D eigenvalue weighted by molar-refractivity contribution is 5.47. The van der Waals surface area contributed by atoms with E-state index in [2.05, 4.69) is 32.1 Å². The maximum Gasteiger partial charge on any atom is 0.197 e. The van der Waals surface area contributed by atoms with Crippen LogP contribution in [0.2, 0.25) is 0 Å². The van der Waals surface area contributed by atoms with Gasteiger partial charge in [-0.25, -0.2) is 0 Å². The normalized spacial score (nSPS) is 48.5. The fourth-order valence-electron chi connectivity index (χ4n) is 6.39. The molecule has 3 nitrogen and oxygen atoms in total. The summed E-state index contributed by atoms with van der Waals surface area (Å²) in [4.78, 5) is 0. The largest absolute Gasteiger partial charge is 0.389 e. The minimum absolute atomic E-state index is 0.0313. The summed E-state index contributed by atoms with van der Waals surface area (Å²) < 4.78 is 12.2. The van der Waals surface area contributed by atoms with Gasteiger partial charge in [-0.05, 0) is 67.9 Å². The van der Waals surface area contributed by atoms with Crippen molar-refractivity contribution >= 4 is 0 Å². The monoisotopic (exact) mass is 328 g/mol. The number of aliphatic hydroxyl groups excluding tert-OH is 1. The predicted molar refractivity (Wildman–Crippen MR) is 92.2 cm³/mol. The summed E-state index contributed by atoms with van der Waals surface area (Å²) in [6.07, 6.45) is 14.2. The number of fused-ring (bicyclic) bond motifs is 5. The second-order valence-corrected chi connectivity index (χ2v) is 8.82. The van der Waals surface area contributed by atoms with Gasteiger partial charge in [0.2, 0.25) is 0 Å². The van der Waals surface area contributed by atoms with Crippen molar-refractivity contribution < 1.29 is 14.6 Å². The lowest BCUT2D eigenvalue weighted by Crippen LogP contribution is -2.50. The first kappa shape index (κ1) is 15.4. The number of ether oxygens (including phenoxy) is 2. The second-order valence-electron chi connectivity index (χ2n) is 8.82. The Morgan fingerprint density at radius 3 is 2.71 bits per heavy atom. The van der Waals surface area contributed by atoms with Crippen molar-refractivity contribution in [1.82, 2.24) is 0 Å². The van der Waals surface area contributed by atoms with E-state index in [9.17, 15) is 5.11 Å². The van der Waals surface area contributed by atoms with Crippen LogP contribution in [0.4, 0.5) is 0 Å². The molecule has 0 amide bonds. The van der Waals surface area contributed by atoms with Gasteiger partial charge in [0, 0.05) is 0 Å². The lowest BCUT2D eigenvalue weighted by atomic mass is 9.51. The predicted octanol–water partition coefficient (Wildman–Crippen LogP) is 3.75. The average molecular weight is 328 g/mol. The first-order valence-corrected chi connectivity index (χ1v) is 9.57. The summed E-state index contributed by atoms with van der Waals surface area (Å²) in [5.74, 6) is 0.690. The van der Waals surface area contributed by atoms with Crippen LogP contribution in [0.1, 0.15) is 46.0 Å². The molecule has 4 aliphatic carbocycles. The summed E-state index contributed by atoms with van der Waals surface area (Å²) in [6.45, 7) is 6.16. The molecule has 5 atom stereocenters. The summed E-state index contributed by atoms with van der Waals surface area (Å²) in [6, 6.07) is 0. The van der Waals surface area contributed by atoms with Gasteiger partial charge in [0.15, 0.2) is 5.79 Å². The van der Waals surface area contributed by atoms with E-state index in [1.54, 1.807) is 5.57 Å². The molecule has 2 fully saturated rings.